The van der Waals surface area contributed by atoms with Crippen molar-refractivity contribution >= 4 is 52.9 Å². The molecule has 4 aromatic rings. The number of carbonyl (C=O) groups is 1. The van der Waals surface area contributed by atoms with E-state index in [2.05, 4.69) is 5.16 Å². The van der Waals surface area contributed by atoms with Crippen LogP contribution < -0.4 is 9.47 Å². The number of benzene rings is 3. The molecule has 4 rings (SSSR count). The van der Waals surface area contributed by atoms with Crippen LogP contribution in [0.3, 0.4) is 0 Å². The molecular formula is C29H24Cl3NO5. The van der Waals surface area contributed by atoms with Crippen molar-refractivity contribution in [3.8, 4) is 11.5 Å². The molecule has 38 heavy (non-hydrogen) atoms. The second kappa shape index (κ2) is 12.4. The molecule has 0 radical (unpaired) electrons. The summed E-state index contributed by atoms with van der Waals surface area (Å²) in [5.41, 5.74) is 3.10. The Kier molecular flexibility index (Phi) is 9.00. The van der Waals surface area contributed by atoms with Crippen molar-refractivity contribution in [3.05, 3.63) is 109 Å². The van der Waals surface area contributed by atoms with Crippen molar-refractivity contribution in [3.63, 3.8) is 0 Å². The summed E-state index contributed by atoms with van der Waals surface area (Å²) < 4.78 is 17.5. The van der Waals surface area contributed by atoms with E-state index >= 15 is 0 Å². The maximum absolute atomic E-state index is 11.2. The second-order valence-corrected chi connectivity index (χ2v) is 9.92. The van der Waals surface area contributed by atoms with Gasteiger partial charge in [-0.2, -0.15) is 0 Å². The SMILES string of the molecule is CC(C)c1onc(COc2c(Cl)cccc2Cl)c1COc1ccc(/C=C/c2cccc(C(=O)O)c2)c(Cl)c1. The first-order valence-electron chi connectivity index (χ1n) is 11.7. The molecule has 1 aromatic heterocycles. The Morgan fingerprint density at radius 2 is 1.68 bits per heavy atom. The molecule has 1 N–H and O–H groups in total. The lowest BCUT2D eigenvalue weighted by molar-refractivity contribution is 0.0697. The molecule has 3 aromatic carbocycles. The first-order valence-corrected chi connectivity index (χ1v) is 12.8. The van der Waals surface area contributed by atoms with E-state index in [0.29, 0.717) is 38.0 Å². The molecule has 6 nitrogen and oxygen atoms in total. The summed E-state index contributed by atoms with van der Waals surface area (Å²) >= 11 is 18.9. The topological polar surface area (TPSA) is 81.8 Å². The van der Waals surface area contributed by atoms with E-state index in [0.717, 1.165) is 16.7 Å². The predicted octanol–water partition coefficient (Wildman–Crippen LogP) is 8.78. The summed E-state index contributed by atoms with van der Waals surface area (Å²) in [6.07, 6.45) is 3.62. The van der Waals surface area contributed by atoms with Gasteiger partial charge in [0.05, 0.1) is 26.2 Å². The number of ether oxygens (including phenoxy) is 2. The standard InChI is InChI=1S/C29H24Cl3NO5/c1-17(2)27-22(26(33-38-27)16-37-28-23(30)7-4-8-24(28)31)15-36-21-12-11-19(25(32)14-21)10-9-18-5-3-6-20(13-18)29(34)35/h3-14,17H,15-16H2,1-2H3,(H,34,35)/b10-9+. The minimum absolute atomic E-state index is 0.0782. The van der Waals surface area contributed by atoms with Gasteiger partial charge in [-0.25, -0.2) is 4.79 Å². The van der Waals surface area contributed by atoms with Crippen LogP contribution in [0.1, 0.15) is 58.3 Å². The average Bonchev–Trinajstić information content (AvgIpc) is 3.30. The molecule has 0 saturated carbocycles. The first-order chi connectivity index (χ1) is 18.2. The number of para-hydroxylation sites is 1. The highest BCUT2D eigenvalue weighted by atomic mass is 35.5. The highest BCUT2D eigenvalue weighted by Crippen LogP contribution is 2.34. The van der Waals surface area contributed by atoms with Gasteiger partial charge in [-0.1, -0.05) is 84.2 Å². The van der Waals surface area contributed by atoms with Gasteiger partial charge in [-0.15, -0.1) is 0 Å². The highest BCUT2D eigenvalue weighted by Gasteiger charge is 2.21. The quantitative estimate of drug-likeness (QED) is 0.191. The molecule has 0 aliphatic carbocycles. The number of aromatic carboxylic acids is 1. The number of nitrogens with zero attached hydrogens (tertiary/aromatic N) is 1. The van der Waals surface area contributed by atoms with Crippen molar-refractivity contribution < 1.29 is 23.9 Å². The lowest BCUT2D eigenvalue weighted by atomic mass is 10.1. The van der Waals surface area contributed by atoms with Crippen LogP contribution in [0.15, 0.2) is 65.2 Å². The molecule has 9 heteroatoms. The third-order valence-corrected chi connectivity index (χ3v) is 6.56. The Bertz CT molecular complexity index is 1460. The number of carboxylic acid groups (broad SMARTS) is 1. The number of rotatable bonds is 10. The van der Waals surface area contributed by atoms with Crippen LogP contribution in [-0.4, -0.2) is 16.2 Å². The molecular weight excluding hydrogens is 549 g/mol. The first kappa shape index (κ1) is 27.6. The zero-order valence-corrected chi connectivity index (χ0v) is 22.8. The van der Waals surface area contributed by atoms with Crippen LogP contribution in [0.2, 0.25) is 15.1 Å². The maximum Gasteiger partial charge on any atom is 0.335 e. The molecule has 0 bridgehead atoms. The van der Waals surface area contributed by atoms with Gasteiger partial charge in [-0.3, -0.25) is 0 Å². The molecule has 1 heterocycles. The van der Waals surface area contributed by atoms with Gasteiger partial charge in [0.2, 0.25) is 0 Å². The smallest absolute Gasteiger partial charge is 0.335 e. The van der Waals surface area contributed by atoms with Crippen LogP contribution in [0.4, 0.5) is 0 Å². The lowest BCUT2D eigenvalue weighted by Gasteiger charge is -2.12. The third-order valence-electron chi connectivity index (χ3n) is 5.64. The second-order valence-electron chi connectivity index (χ2n) is 8.70. The van der Waals surface area contributed by atoms with Gasteiger partial charge in [0.25, 0.3) is 0 Å². The van der Waals surface area contributed by atoms with Crippen LogP contribution in [-0.2, 0) is 13.2 Å². The summed E-state index contributed by atoms with van der Waals surface area (Å²) in [6, 6.07) is 17.1. The van der Waals surface area contributed by atoms with E-state index in [1.54, 1.807) is 48.5 Å². The molecule has 0 fully saturated rings. The Balaban J connectivity index is 1.47. The zero-order valence-electron chi connectivity index (χ0n) is 20.6. The Hall–Kier alpha value is -3.45. The maximum atomic E-state index is 11.2. The Morgan fingerprint density at radius 3 is 2.37 bits per heavy atom. The van der Waals surface area contributed by atoms with E-state index in [1.807, 2.05) is 38.1 Å². The third kappa shape index (κ3) is 6.70. The van der Waals surface area contributed by atoms with Crippen molar-refractivity contribution in [2.45, 2.75) is 33.0 Å². The van der Waals surface area contributed by atoms with Gasteiger partial charge >= 0.3 is 5.97 Å². The summed E-state index contributed by atoms with van der Waals surface area (Å²) in [6.45, 7) is 4.30. The molecule has 0 amide bonds. The summed E-state index contributed by atoms with van der Waals surface area (Å²) in [5.74, 6) is 0.743. The number of hydrogen-bond donors (Lipinski definition) is 1. The number of halogens is 3. The molecule has 0 saturated heterocycles. The summed E-state index contributed by atoms with van der Waals surface area (Å²) in [7, 11) is 0. The molecule has 0 spiro atoms. The van der Waals surface area contributed by atoms with Gasteiger partial charge in [-0.05, 0) is 53.6 Å². The molecule has 0 aliphatic rings. The fraction of sp³-hybridized carbons (Fsp3) is 0.172. The fourth-order valence-electron chi connectivity index (χ4n) is 3.69. The van der Waals surface area contributed by atoms with Crippen molar-refractivity contribution in [1.82, 2.24) is 5.16 Å². The lowest BCUT2D eigenvalue weighted by Crippen LogP contribution is -2.05. The number of aromatic nitrogens is 1. The minimum Gasteiger partial charge on any atom is -0.489 e. The molecule has 0 atom stereocenters. The van der Waals surface area contributed by atoms with E-state index in [1.165, 1.54) is 0 Å². The van der Waals surface area contributed by atoms with Crippen molar-refractivity contribution in [2.24, 2.45) is 0 Å². The number of carboxylic acids is 1. The minimum atomic E-state index is -0.976. The summed E-state index contributed by atoms with van der Waals surface area (Å²) in [4.78, 5) is 11.2. The van der Waals surface area contributed by atoms with E-state index in [-0.39, 0.29) is 24.7 Å². The van der Waals surface area contributed by atoms with Crippen LogP contribution >= 0.6 is 34.8 Å². The van der Waals surface area contributed by atoms with Gasteiger partial charge in [0.15, 0.2) is 5.75 Å². The summed E-state index contributed by atoms with van der Waals surface area (Å²) in [5, 5.41) is 14.7. The molecule has 0 aliphatic heterocycles. The predicted molar refractivity (Wildman–Crippen MR) is 149 cm³/mol. The van der Waals surface area contributed by atoms with E-state index in [9.17, 15) is 9.90 Å². The van der Waals surface area contributed by atoms with Crippen molar-refractivity contribution in [2.75, 3.05) is 0 Å². The Labute approximate surface area is 235 Å². The largest absolute Gasteiger partial charge is 0.489 e. The van der Waals surface area contributed by atoms with Crippen LogP contribution in [0.5, 0.6) is 11.5 Å². The zero-order chi connectivity index (χ0) is 27.2. The fourth-order valence-corrected chi connectivity index (χ4v) is 4.43. The van der Waals surface area contributed by atoms with Crippen LogP contribution in [0.25, 0.3) is 12.2 Å². The van der Waals surface area contributed by atoms with E-state index < -0.39 is 5.97 Å². The van der Waals surface area contributed by atoms with Gasteiger partial charge in [0.1, 0.15) is 30.4 Å². The van der Waals surface area contributed by atoms with Gasteiger partial charge < -0.3 is 19.1 Å². The molecule has 196 valence electrons. The van der Waals surface area contributed by atoms with Crippen molar-refractivity contribution in [1.29, 1.82) is 0 Å². The monoisotopic (exact) mass is 571 g/mol. The highest BCUT2D eigenvalue weighted by molar-refractivity contribution is 6.37. The normalized spacial score (nSPS) is 11.3. The van der Waals surface area contributed by atoms with Crippen LogP contribution in [0, 0.1) is 0 Å². The van der Waals surface area contributed by atoms with E-state index in [4.69, 9.17) is 48.8 Å². The molecule has 0 unspecified atom stereocenters. The van der Waals surface area contributed by atoms with Gasteiger partial charge in [0, 0.05) is 5.92 Å². The number of hydrogen-bond acceptors (Lipinski definition) is 5. The average molecular weight is 573 g/mol. The Morgan fingerprint density at radius 1 is 0.947 bits per heavy atom.